The third-order valence-electron chi connectivity index (χ3n) is 7.40. The van der Waals surface area contributed by atoms with Crippen LogP contribution in [0.25, 0.3) is 0 Å². The molecule has 0 saturated carbocycles. The molecular formula is C35H37N3O6. The van der Waals surface area contributed by atoms with Gasteiger partial charge in [0.05, 0.1) is 63.9 Å². The predicted molar refractivity (Wildman–Crippen MR) is 161 cm³/mol. The van der Waals surface area contributed by atoms with Gasteiger partial charge in [-0.05, 0) is 16.7 Å². The highest BCUT2D eigenvalue weighted by Crippen LogP contribution is 2.41. The van der Waals surface area contributed by atoms with E-state index in [-0.39, 0.29) is 45.7 Å². The van der Waals surface area contributed by atoms with E-state index in [2.05, 4.69) is 18.2 Å². The Bertz CT molecular complexity index is 1290. The van der Waals surface area contributed by atoms with Crippen molar-refractivity contribution in [3.63, 3.8) is 0 Å². The van der Waals surface area contributed by atoms with Crippen molar-refractivity contribution in [2.24, 2.45) is 0 Å². The molecule has 1 heterocycles. The molecule has 1 aliphatic heterocycles. The van der Waals surface area contributed by atoms with Gasteiger partial charge in [0.2, 0.25) is 0 Å². The highest BCUT2D eigenvalue weighted by atomic mass is 16.7. The van der Waals surface area contributed by atoms with E-state index in [0.717, 1.165) is 16.7 Å². The first-order valence-corrected chi connectivity index (χ1v) is 14.6. The summed E-state index contributed by atoms with van der Waals surface area (Å²) < 4.78 is 37.7. The van der Waals surface area contributed by atoms with Gasteiger partial charge >= 0.3 is 0 Å². The molecule has 0 unspecified atom stereocenters. The summed E-state index contributed by atoms with van der Waals surface area (Å²) in [5, 5.41) is 27.5. The molecule has 0 amide bonds. The largest absolute Gasteiger partial charge is 0.372 e. The van der Waals surface area contributed by atoms with Crippen molar-refractivity contribution in [3.05, 3.63) is 108 Å². The fraction of sp³-hybridized carbons (Fsp3) is 0.400. The van der Waals surface area contributed by atoms with Gasteiger partial charge < -0.3 is 28.4 Å². The number of nitriles is 3. The van der Waals surface area contributed by atoms with E-state index >= 15 is 0 Å². The van der Waals surface area contributed by atoms with E-state index in [1.807, 2.05) is 91.0 Å². The highest BCUT2D eigenvalue weighted by Gasteiger charge is 2.50. The number of hydrogen-bond acceptors (Lipinski definition) is 9. The smallest absolute Gasteiger partial charge is 0.186 e. The van der Waals surface area contributed by atoms with Crippen LogP contribution in [0.2, 0.25) is 0 Å². The second-order valence-corrected chi connectivity index (χ2v) is 10.1. The van der Waals surface area contributed by atoms with Crippen LogP contribution in [0.5, 0.6) is 0 Å². The summed E-state index contributed by atoms with van der Waals surface area (Å²) in [6.45, 7) is 0.443. The van der Waals surface area contributed by atoms with Crippen LogP contribution in [0.15, 0.2) is 91.0 Å². The summed E-state index contributed by atoms with van der Waals surface area (Å²) >= 11 is 0. The van der Waals surface area contributed by atoms with E-state index in [1.165, 1.54) is 7.11 Å². The Labute approximate surface area is 259 Å². The maximum Gasteiger partial charge on any atom is 0.186 e. The molecule has 0 bridgehead atoms. The molecule has 3 aromatic carbocycles. The first-order chi connectivity index (χ1) is 21.7. The summed E-state index contributed by atoms with van der Waals surface area (Å²) in [6, 6.07) is 36.3. The molecule has 0 radical (unpaired) electrons. The molecule has 0 N–H and O–H groups in total. The van der Waals surface area contributed by atoms with Crippen LogP contribution < -0.4 is 0 Å². The van der Waals surface area contributed by atoms with Gasteiger partial charge in [0.25, 0.3) is 0 Å². The zero-order valence-corrected chi connectivity index (χ0v) is 24.8. The fourth-order valence-electron chi connectivity index (χ4n) is 5.47. The lowest BCUT2D eigenvalue weighted by atomic mass is 9.80. The molecule has 5 atom stereocenters. The fourth-order valence-corrected chi connectivity index (χ4v) is 5.47. The second-order valence-electron chi connectivity index (χ2n) is 10.1. The van der Waals surface area contributed by atoms with Crippen molar-refractivity contribution < 1.29 is 28.4 Å². The normalized spacial score (nSPS) is 21.5. The summed E-state index contributed by atoms with van der Waals surface area (Å²) in [4.78, 5) is 0. The summed E-state index contributed by atoms with van der Waals surface area (Å²) in [6.07, 6.45) is -3.32. The first kappa shape index (κ1) is 32.8. The van der Waals surface area contributed by atoms with Crippen LogP contribution >= 0.6 is 0 Å². The zero-order chi connectivity index (χ0) is 31.0. The average Bonchev–Trinajstić information content (AvgIpc) is 3.08. The first-order valence-electron chi connectivity index (χ1n) is 14.6. The van der Waals surface area contributed by atoms with Gasteiger partial charge in [-0.1, -0.05) is 91.0 Å². The van der Waals surface area contributed by atoms with E-state index in [4.69, 9.17) is 33.7 Å². The van der Waals surface area contributed by atoms with Crippen molar-refractivity contribution in [2.45, 2.75) is 55.6 Å². The molecule has 9 heteroatoms. The molecule has 0 aromatic heterocycles. The summed E-state index contributed by atoms with van der Waals surface area (Å²) in [7, 11) is 1.51. The molecule has 3 aromatic rings. The van der Waals surface area contributed by atoms with Gasteiger partial charge in [0.1, 0.15) is 30.0 Å². The lowest BCUT2D eigenvalue weighted by Gasteiger charge is -2.46. The number of nitrogens with zero attached hydrogens (tertiary/aromatic N) is 3. The Balaban J connectivity index is 1.75. The zero-order valence-electron chi connectivity index (χ0n) is 24.8. The van der Waals surface area contributed by atoms with Gasteiger partial charge in [0.15, 0.2) is 6.29 Å². The second kappa shape index (κ2) is 17.3. The quantitative estimate of drug-likeness (QED) is 0.161. The molecule has 1 aliphatic rings. The van der Waals surface area contributed by atoms with Crippen LogP contribution in [-0.4, -0.2) is 64.2 Å². The molecule has 1 saturated heterocycles. The Hall–Kier alpha value is -4.11. The topological polar surface area (TPSA) is 127 Å². The van der Waals surface area contributed by atoms with Crippen molar-refractivity contribution in [1.29, 1.82) is 15.8 Å². The lowest BCUT2D eigenvalue weighted by molar-refractivity contribution is -0.319. The number of ether oxygens (including phenoxy) is 6. The minimum Gasteiger partial charge on any atom is -0.372 e. The third-order valence-corrected chi connectivity index (χ3v) is 7.40. The Morgan fingerprint density at radius 2 is 1.02 bits per heavy atom. The van der Waals surface area contributed by atoms with Gasteiger partial charge in [-0.3, -0.25) is 0 Å². The van der Waals surface area contributed by atoms with Crippen LogP contribution in [0.3, 0.4) is 0 Å². The molecule has 44 heavy (non-hydrogen) atoms. The standard InChI is InChI=1S/C35H37N3O6/c1-39-34-33(42-25-13-22-38)32(41-24-12-21-37)31(40-23-11-20-36)30(44-34)26-43-35(27-14-5-2-6-15-27,28-16-7-3-8-17-28)29-18-9-4-10-19-29/h2-10,14-19,30-34H,11-13,23-26H2,1H3/t30-,31-,32+,33-,34+/m1/s1. The maximum atomic E-state index is 9.24. The Morgan fingerprint density at radius 3 is 1.43 bits per heavy atom. The predicted octanol–water partition coefficient (Wildman–Crippen LogP) is 5.26. The van der Waals surface area contributed by atoms with E-state index < -0.39 is 36.3 Å². The number of hydrogen-bond donors (Lipinski definition) is 0. The van der Waals surface area contributed by atoms with Crippen LogP contribution in [-0.2, 0) is 34.0 Å². The number of methoxy groups -OCH3 is 1. The summed E-state index contributed by atoms with van der Waals surface area (Å²) in [5.41, 5.74) is 1.78. The van der Waals surface area contributed by atoms with Crippen molar-refractivity contribution in [2.75, 3.05) is 33.5 Å². The van der Waals surface area contributed by atoms with E-state index in [0.29, 0.717) is 0 Å². The maximum absolute atomic E-state index is 9.24. The monoisotopic (exact) mass is 595 g/mol. The number of rotatable bonds is 16. The van der Waals surface area contributed by atoms with Crippen molar-refractivity contribution >= 4 is 0 Å². The highest BCUT2D eigenvalue weighted by molar-refractivity contribution is 5.47. The van der Waals surface area contributed by atoms with Gasteiger partial charge in [0, 0.05) is 7.11 Å². The molecule has 228 valence electrons. The minimum atomic E-state index is -1.01. The average molecular weight is 596 g/mol. The molecule has 0 aliphatic carbocycles. The van der Waals surface area contributed by atoms with Gasteiger partial charge in [-0.15, -0.1) is 0 Å². The van der Waals surface area contributed by atoms with E-state index in [1.54, 1.807) is 0 Å². The minimum absolute atomic E-state index is 0.0544. The van der Waals surface area contributed by atoms with Crippen molar-refractivity contribution in [1.82, 2.24) is 0 Å². The number of benzene rings is 3. The molecule has 1 fully saturated rings. The SMILES string of the molecule is CO[C@H]1O[C@H](COC(c2ccccc2)(c2ccccc2)c2ccccc2)[C@@H](OCCC#N)[C@H](OCCC#N)[C@H]1OCCC#N. The van der Waals surface area contributed by atoms with Gasteiger partial charge in [-0.2, -0.15) is 15.8 Å². The van der Waals surface area contributed by atoms with Crippen molar-refractivity contribution in [3.8, 4) is 18.2 Å². The molecule has 0 spiro atoms. The third kappa shape index (κ3) is 7.88. The molecule has 9 nitrogen and oxygen atoms in total. The van der Waals surface area contributed by atoms with Gasteiger partial charge in [-0.25, -0.2) is 0 Å². The summed E-state index contributed by atoms with van der Waals surface area (Å²) in [5.74, 6) is 0. The van der Waals surface area contributed by atoms with Crippen LogP contribution in [0.4, 0.5) is 0 Å². The Morgan fingerprint density at radius 1 is 0.614 bits per heavy atom. The van der Waals surface area contributed by atoms with E-state index in [9.17, 15) is 10.5 Å². The lowest BCUT2D eigenvalue weighted by Crippen LogP contribution is -2.62. The Kier molecular flexibility index (Phi) is 12.9. The molecular weight excluding hydrogens is 558 g/mol. The van der Waals surface area contributed by atoms with Crippen LogP contribution in [0.1, 0.15) is 36.0 Å². The molecule has 4 rings (SSSR count). The van der Waals surface area contributed by atoms with Crippen LogP contribution in [0, 0.1) is 34.0 Å².